The van der Waals surface area contributed by atoms with E-state index in [9.17, 15) is 14.7 Å². The second kappa shape index (κ2) is 7.90. The highest BCUT2D eigenvalue weighted by Crippen LogP contribution is 2.68. The van der Waals surface area contributed by atoms with E-state index >= 15 is 0 Å². The average Bonchev–Trinajstić information content (AvgIpc) is 3.03. The molecule has 4 aliphatic rings. The molecule has 2 unspecified atom stereocenters. The van der Waals surface area contributed by atoms with Crippen LogP contribution in [0.2, 0.25) is 0 Å². The molecule has 30 heavy (non-hydrogen) atoms. The highest BCUT2D eigenvalue weighted by molar-refractivity contribution is 5.86. The Morgan fingerprint density at radius 3 is 2.37 bits per heavy atom. The summed E-state index contributed by atoms with van der Waals surface area (Å²) in [7, 11) is 0. The number of Topliss-reactive ketones (excluding diaryl/α,β-unsaturated/α-hetero) is 1. The zero-order chi connectivity index (χ0) is 21.8. The van der Waals surface area contributed by atoms with Gasteiger partial charge in [0.05, 0.1) is 6.10 Å². The van der Waals surface area contributed by atoms with Gasteiger partial charge in [0.1, 0.15) is 5.78 Å². The van der Waals surface area contributed by atoms with Crippen molar-refractivity contribution in [3.05, 3.63) is 0 Å². The lowest BCUT2D eigenvalue weighted by Gasteiger charge is -2.62. The van der Waals surface area contributed by atoms with E-state index in [-0.39, 0.29) is 29.1 Å². The maximum Gasteiger partial charge on any atom is 0.303 e. The minimum absolute atomic E-state index is 0.0966. The predicted octanol–water partition coefficient (Wildman–Crippen LogP) is 5.32. The van der Waals surface area contributed by atoms with E-state index in [2.05, 4.69) is 20.8 Å². The van der Waals surface area contributed by atoms with E-state index < -0.39 is 12.1 Å². The summed E-state index contributed by atoms with van der Waals surface area (Å²) in [4.78, 5) is 25.0. The summed E-state index contributed by atoms with van der Waals surface area (Å²) in [5, 5.41) is 19.8. The Bertz CT molecular complexity index is 687. The Balaban J connectivity index is 1.64. The smallest absolute Gasteiger partial charge is 0.303 e. The van der Waals surface area contributed by atoms with Gasteiger partial charge in [-0.1, -0.05) is 33.6 Å². The molecule has 0 saturated heterocycles. The zero-order valence-electron chi connectivity index (χ0n) is 19.4. The summed E-state index contributed by atoms with van der Waals surface area (Å²) in [5.41, 5.74) is 0.322. The van der Waals surface area contributed by atoms with Crippen molar-refractivity contribution < 1.29 is 19.8 Å². The van der Waals surface area contributed by atoms with Crippen LogP contribution in [0.5, 0.6) is 0 Å². The molecule has 4 heteroatoms. The van der Waals surface area contributed by atoms with Crippen molar-refractivity contribution in [2.24, 2.45) is 52.3 Å². The highest BCUT2D eigenvalue weighted by Gasteiger charge is 2.65. The minimum Gasteiger partial charge on any atom is -0.481 e. The number of aliphatic hydroxyl groups is 1. The molecular formula is C26H42O4. The van der Waals surface area contributed by atoms with Crippen LogP contribution in [0.3, 0.4) is 0 Å². The van der Waals surface area contributed by atoms with Crippen LogP contribution in [0.1, 0.15) is 91.9 Å². The third-order valence-electron chi connectivity index (χ3n) is 10.6. The van der Waals surface area contributed by atoms with Gasteiger partial charge in [-0.25, -0.2) is 0 Å². The molecule has 0 aliphatic heterocycles. The van der Waals surface area contributed by atoms with Crippen LogP contribution in [-0.2, 0) is 9.59 Å². The number of aliphatic carboxylic acids is 1. The van der Waals surface area contributed by atoms with Gasteiger partial charge in [-0.15, -0.1) is 0 Å². The van der Waals surface area contributed by atoms with Gasteiger partial charge in [0.25, 0.3) is 0 Å². The molecule has 0 aromatic heterocycles. The summed E-state index contributed by atoms with van der Waals surface area (Å²) in [5.74, 6) is 1.68. The monoisotopic (exact) mass is 418 g/mol. The Morgan fingerprint density at radius 2 is 1.70 bits per heavy atom. The lowest BCUT2D eigenvalue weighted by atomic mass is 9.42. The van der Waals surface area contributed by atoms with E-state index in [1.165, 1.54) is 25.7 Å². The van der Waals surface area contributed by atoms with E-state index in [0.717, 1.165) is 32.1 Å². The van der Waals surface area contributed by atoms with Crippen molar-refractivity contribution in [2.75, 3.05) is 0 Å². The molecule has 0 spiro atoms. The summed E-state index contributed by atoms with van der Waals surface area (Å²) in [6, 6.07) is 0. The number of carbonyl (C=O) groups excluding carboxylic acids is 1. The molecule has 0 aromatic carbocycles. The number of aliphatic hydroxyl groups excluding tert-OH is 1. The molecule has 0 aromatic rings. The molecule has 4 aliphatic carbocycles. The fourth-order valence-electron chi connectivity index (χ4n) is 9.23. The summed E-state index contributed by atoms with van der Waals surface area (Å²) >= 11 is 0. The maximum absolute atomic E-state index is 13.9. The van der Waals surface area contributed by atoms with Crippen molar-refractivity contribution in [1.82, 2.24) is 0 Å². The molecule has 10 atom stereocenters. The third kappa shape index (κ3) is 3.27. The third-order valence-corrected chi connectivity index (χ3v) is 10.6. The lowest BCUT2D eigenvalue weighted by molar-refractivity contribution is -0.175. The molecule has 0 heterocycles. The molecular weight excluding hydrogens is 376 g/mol. The van der Waals surface area contributed by atoms with Crippen molar-refractivity contribution in [2.45, 2.75) is 98.0 Å². The van der Waals surface area contributed by atoms with Crippen LogP contribution in [0, 0.1) is 52.3 Å². The van der Waals surface area contributed by atoms with E-state index in [1.807, 2.05) is 6.92 Å². The van der Waals surface area contributed by atoms with Gasteiger partial charge in [0.15, 0.2) is 0 Å². The number of carbonyl (C=O) groups is 2. The van der Waals surface area contributed by atoms with E-state index in [4.69, 9.17) is 5.11 Å². The van der Waals surface area contributed by atoms with Gasteiger partial charge in [0, 0.05) is 18.3 Å². The molecule has 170 valence electrons. The van der Waals surface area contributed by atoms with Crippen LogP contribution < -0.4 is 0 Å². The summed E-state index contributed by atoms with van der Waals surface area (Å²) in [6.45, 7) is 8.92. The zero-order valence-corrected chi connectivity index (χ0v) is 19.4. The fourth-order valence-corrected chi connectivity index (χ4v) is 9.23. The molecule has 0 amide bonds. The van der Waals surface area contributed by atoms with Gasteiger partial charge in [-0.2, -0.15) is 0 Å². The van der Waals surface area contributed by atoms with Gasteiger partial charge >= 0.3 is 5.97 Å². The first-order valence-electron chi connectivity index (χ1n) is 12.5. The Kier molecular flexibility index (Phi) is 5.87. The number of fused-ring (bicyclic) bond motifs is 5. The van der Waals surface area contributed by atoms with Gasteiger partial charge in [-0.05, 0) is 92.3 Å². The summed E-state index contributed by atoms with van der Waals surface area (Å²) in [6.07, 6.45) is 9.70. The fraction of sp³-hybridized carbons (Fsp3) is 0.923. The number of carboxylic acids is 1. The van der Waals surface area contributed by atoms with Crippen LogP contribution in [0.15, 0.2) is 0 Å². The Morgan fingerprint density at radius 1 is 1.00 bits per heavy atom. The standard InChI is InChI=1S/C26H42O4/c1-15(8-11-21(28)29)17-9-10-19-23-20(12-14-26(17,19)4)25(3)13-6-5-7-18(25)22(16(2)27)24(23)30/h15-20,22-23,27H,5-14H2,1-4H3,(H,28,29)/t15?,16?,17-,18+,19+,20+,22-,23+,25+,26-/m1/s1. The normalized spacial score (nSPS) is 47.7. The van der Waals surface area contributed by atoms with Crippen LogP contribution in [0.25, 0.3) is 0 Å². The first kappa shape index (κ1) is 22.3. The number of hydrogen-bond acceptors (Lipinski definition) is 3. The maximum atomic E-state index is 13.9. The van der Waals surface area contributed by atoms with Gasteiger partial charge in [0.2, 0.25) is 0 Å². The second-order valence-corrected chi connectivity index (χ2v) is 11.9. The number of hydrogen-bond donors (Lipinski definition) is 2. The number of carboxylic acid groups (broad SMARTS) is 1. The van der Waals surface area contributed by atoms with E-state index in [0.29, 0.717) is 35.4 Å². The molecule has 2 N–H and O–H groups in total. The molecule has 4 nitrogen and oxygen atoms in total. The predicted molar refractivity (Wildman–Crippen MR) is 117 cm³/mol. The van der Waals surface area contributed by atoms with Crippen molar-refractivity contribution in [1.29, 1.82) is 0 Å². The largest absolute Gasteiger partial charge is 0.481 e. The van der Waals surface area contributed by atoms with Crippen molar-refractivity contribution in [3.63, 3.8) is 0 Å². The molecule has 0 bridgehead atoms. The minimum atomic E-state index is -0.705. The number of ketones is 1. The Labute approximate surface area is 182 Å². The summed E-state index contributed by atoms with van der Waals surface area (Å²) < 4.78 is 0. The van der Waals surface area contributed by atoms with Crippen LogP contribution >= 0.6 is 0 Å². The van der Waals surface area contributed by atoms with Crippen molar-refractivity contribution >= 4 is 11.8 Å². The average molecular weight is 419 g/mol. The van der Waals surface area contributed by atoms with Crippen LogP contribution in [0.4, 0.5) is 0 Å². The first-order chi connectivity index (χ1) is 14.1. The topological polar surface area (TPSA) is 74.6 Å². The molecule has 4 saturated carbocycles. The van der Waals surface area contributed by atoms with E-state index in [1.54, 1.807) is 0 Å². The highest BCUT2D eigenvalue weighted by atomic mass is 16.4. The second-order valence-electron chi connectivity index (χ2n) is 11.9. The lowest BCUT2D eigenvalue weighted by Crippen LogP contribution is -2.61. The van der Waals surface area contributed by atoms with Crippen molar-refractivity contribution in [3.8, 4) is 0 Å². The van der Waals surface area contributed by atoms with Crippen LogP contribution in [-0.4, -0.2) is 28.1 Å². The molecule has 0 radical (unpaired) electrons. The first-order valence-corrected chi connectivity index (χ1v) is 12.5. The Hall–Kier alpha value is -0.900. The molecule has 4 rings (SSSR count). The SMILES string of the molecule is CC(O)[C@H]1C(=O)[C@@H]2[C@H](CC[C@]3(C)[C@@H](C(C)CCC(=O)O)CC[C@@H]23)[C@@]2(C)CCCC[C@@H]12. The molecule has 4 fully saturated rings. The van der Waals surface area contributed by atoms with Gasteiger partial charge in [-0.3, -0.25) is 9.59 Å². The number of rotatable bonds is 5. The van der Waals surface area contributed by atoms with Gasteiger partial charge < -0.3 is 10.2 Å². The quantitative estimate of drug-likeness (QED) is 0.633.